The van der Waals surface area contributed by atoms with Gasteiger partial charge in [0, 0.05) is 17.3 Å². The average molecular weight is 477 g/mol. The van der Waals surface area contributed by atoms with Crippen molar-refractivity contribution in [1.82, 2.24) is 9.13 Å². The highest BCUT2D eigenvalue weighted by molar-refractivity contribution is 6.30. The summed E-state index contributed by atoms with van der Waals surface area (Å²) in [5.41, 5.74) is 0.488. The lowest BCUT2D eigenvalue weighted by atomic mass is 10.1. The van der Waals surface area contributed by atoms with Gasteiger partial charge in [-0.2, -0.15) is 0 Å². The minimum absolute atomic E-state index is 0.178. The van der Waals surface area contributed by atoms with Crippen LogP contribution in [0, 0.1) is 0 Å². The normalized spacial score (nSPS) is 10.8. The van der Waals surface area contributed by atoms with Crippen LogP contribution in [0.15, 0.2) is 82.4 Å². The predicted octanol–water partition coefficient (Wildman–Crippen LogP) is 3.73. The third-order valence-electron chi connectivity index (χ3n) is 5.30. The Kier molecular flexibility index (Phi) is 6.60. The van der Waals surface area contributed by atoms with Gasteiger partial charge in [-0.3, -0.25) is 23.5 Å². The van der Waals surface area contributed by atoms with E-state index in [2.05, 4.69) is 10.6 Å². The van der Waals surface area contributed by atoms with Crippen molar-refractivity contribution in [3.05, 3.63) is 104 Å². The molecule has 1 aromatic heterocycles. The summed E-state index contributed by atoms with van der Waals surface area (Å²) in [4.78, 5) is 51.2. The molecule has 0 radical (unpaired) electrons. The van der Waals surface area contributed by atoms with Gasteiger partial charge in [0.05, 0.1) is 22.2 Å². The molecule has 4 aromatic rings. The fraction of sp³-hybridized carbons (Fsp3) is 0.120. The third kappa shape index (κ3) is 4.62. The van der Waals surface area contributed by atoms with E-state index in [0.717, 1.165) is 4.57 Å². The molecule has 0 fully saturated rings. The van der Waals surface area contributed by atoms with E-state index in [1.165, 1.54) is 4.57 Å². The molecule has 0 saturated carbocycles. The van der Waals surface area contributed by atoms with Gasteiger partial charge in [0.25, 0.3) is 11.5 Å². The van der Waals surface area contributed by atoms with Gasteiger partial charge in [-0.05, 0) is 55.5 Å². The highest BCUT2D eigenvalue weighted by Crippen LogP contribution is 2.19. The minimum atomic E-state index is -0.574. The van der Waals surface area contributed by atoms with Crippen LogP contribution in [0.25, 0.3) is 10.9 Å². The van der Waals surface area contributed by atoms with E-state index in [1.54, 1.807) is 79.7 Å². The van der Waals surface area contributed by atoms with Crippen molar-refractivity contribution in [1.29, 1.82) is 0 Å². The van der Waals surface area contributed by atoms with E-state index in [4.69, 9.17) is 11.6 Å². The Labute approximate surface area is 199 Å². The van der Waals surface area contributed by atoms with E-state index in [0.29, 0.717) is 27.3 Å². The van der Waals surface area contributed by atoms with Crippen LogP contribution in [0.4, 0.5) is 11.4 Å². The third-order valence-corrected chi connectivity index (χ3v) is 5.55. The van der Waals surface area contributed by atoms with Crippen molar-refractivity contribution in [2.75, 3.05) is 10.6 Å². The van der Waals surface area contributed by atoms with Crippen molar-refractivity contribution < 1.29 is 9.59 Å². The number of halogens is 1. The van der Waals surface area contributed by atoms with Crippen LogP contribution >= 0.6 is 11.6 Å². The van der Waals surface area contributed by atoms with Crippen LogP contribution in [0.2, 0.25) is 5.02 Å². The summed E-state index contributed by atoms with van der Waals surface area (Å²) in [5.74, 6) is -0.930. The number of hydrogen-bond donors (Lipinski definition) is 2. The van der Waals surface area contributed by atoms with Gasteiger partial charge in [0.2, 0.25) is 5.91 Å². The molecule has 0 unspecified atom stereocenters. The first-order valence-corrected chi connectivity index (χ1v) is 10.9. The molecule has 172 valence electrons. The molecule has 0 saturated heterocycles. The highest BCUT2D eigenvalue weighted by atomic mass is 35.5. The van der Waals surface area contributed by atoms with Gasteiger partial charge >= 0.3 is 5.69 Å². The molecule has 0 spiro atoms. The van der Waals surface area contributed by atoms with Crippen molar-refractivity contribution >= 4 is 45.7 Å². The lowest BCUT2D eigenvalue weighted by molar-refractivity contribution is -0.116. The van der Waals surface area contributed by atoms with Crippen LogP contribution in [-0.2, 0) is 17.9 Å². The lowest BCUT2D eigenvalue weighted by Gasteiger charge is -2.15. The first-order valence-electron chi connectivity index (χ1n) is 10.6. The molecule has 0 aliphatic carbocycles. The number of para-hydroxylation sites is 2. The molecule has 1 heterocycles. The number of anilines is 2. The molecule has 2 N–H and O–H groups in total. The second-order valence-electron chi connectivity index (χ2n) is 7.49. The molecular weight excluding hydrogens is 456 g/mol. The second kappa shape index (κ2) is 9.76. The number of carbonyl (C=O) groups excluding carboxylic acids is 2. The Balaban J connectivity index is 1.61. The summed E-state index contributed by atoms with van der Waals surface area (Å²) < 4.78 is 2.34. The highest BCUT2D eigenvalue weighted by Gasteiger charge is 2.17. The van der Waals surface area contributed by atoms with Crippen molar-refractivity contribution in [2.45, 2.75) is 20.0 Å². The molecule has 4 rings (SSSR count). The molecule has 0 aliphatic heterocycles. The molecule has 34 heavy (non-hydrogen) atoms. The van der Waals surface area contributed by atoms with Crippen LogP contribution in [0.1, 0.15) is 17.3 Å². The van der Waals surface area contributed by atoms with Gasteiger partial charge in [-0.25, -0.2) is 4.79 Å². The monoisotopic (exact) mass is 476 g/mol. The summed E-state index contributed by atoms with van der Waals surface area (Å²) in [7, 11) is 0. The van der Waals surface area contributed by atoms with Crippen LogP contribution in [0.3, 0.4) is 0 Å². The number of hydrogen-bond acceptors (Lipinski definition) is 4. The van der Waals surface area contributed by atoms with E-state index in [1.807, 2.05) is 0 Å². The largest absolute Gasteiger partial charge is 0.331 e. The summed E-state index contributed by atoms with van der Waals surface area (Å²) in [5, 5.41) is 6.36. The average Bonchev–Trinajstić information content (AvgIpc) is 2.84. The fourth-order valence-corrected chi connectivity index (χ4v) is 3.78. The van der Waals surface area contributed by atoms with Gasteiger partial charge in [0.15, 0.2) is 0 Å². The van der Waals surface area contributed by atoms with Crippen LogP contribution in [0.5, 0.6) is 0 Å². The molecule has 9 heteroatoms. The van der Waals surface area contributed by atoms with Gasteiger partial charge in [0.1, 0.15) is 6.54 Å². The zero-order valence-corrected chi connectivity index (χ0v) is 19.0. The van der Waals surface area contributed by atoms with Crippen molar-refractivity contribution in [3.63, 3.8) is 0 Å². The number of fused-ring (bicyclic) bond motifs is 1. The number of amides is 2. The Morgan fingerprint density at radius 1 is 0.853 bits per heavy atom. The molecule has 8 nitrogen and oxygen atoms in total. The predicted molar refractivity (Wildman–Crippen MR) is 133 cm³/mol. The number of nitrogens with zero attached hydrogens (tertiary/aromatic N) is 2. The Morgan fingerprint density at radius 2 is 1.53 bits per heavy atom. The maximum absolute atomic E-state index is 12.9. The number of rotatable bonds is 6. The zero-order valence-electron chi connectivity index (χ0n) is 18.2. The molecule has 2 amide bonds. The topological polar surface area (TPSA) is 102 Å². The Morgan fingerprint density at radius 3 is 2.26 bits per heavy atom. The number of nitrogens with one attached hydrogen (secondary N) is 2. The Bertz CT molecular complexity index is 1510. The summed E-state index contributed by atoms with van der Waals surface area (Å²) in [6.45, 7) is 1.54. The maximum atomic E-state index is 12.9. The fourth-order valence-electron chi connectivity index (χ4n) is 3.66. The molecule has 0 atom stereocenters. The van der Waals surface area contributed by atoms with Gasteiger partial charge in [-0.15, -0.1) is 0 Å². The van der Waals surface area contributed by atoms with E-state index in [9.17, 15) is 19.2 Å². The van der Waals surface area contributed by atoms with Crippen LogP contribution in [-0.4, -0.2) is 20.9 Å². The quantitative estimate of drug-likeness (QED) is 0.442. The molecule has 3 aromatic carbocycles. The van der Waals surface area contributed by atoms with E-state index in [-0.39, 0.29) is 18.7 Å². The van der Waals surface area contributed by atoms with Crippen molar-refractivity contribution in [3.8, 4) is 0 Å². The van der Waals surface area contributed by atoms with Crippen molar-refractivity contribution in [2.24, 2.45) is 0 Å². The first kappa shape index (κ1) is 23.0. The zero-order chi connectivity index (χ0) is 24.2. The Hall–Kier alpha value is -4.17. The first-order chi connectivity index (χ1) is 16.4. The number of carbonyl (C=O) groups is 2. The molecular formula is C25H21ClN4O4. The van der Waals surface area contributed by atoms with Gasteiger partial charge < -0.3 is 10.6 Å². The van der Waals surface area contributed by atoms with Crippen LogP contribution < -0.4 is 21.9 Å². The smallest absolute Gasteiger partial charge is 0.324 e. The lowest BCUT2D eigenvalue weighted by Crippen LogP contribution is -2.41. The maximum Gasteiger partial charge on any atom is 0.331 e. The number of aromatic nitrogens is 2. The summed E-state index contributed by atoms with van der Waals surface area (Å²) in [6, 6.07) is 19.8. The van der Waals surface area contributed by atoms with E-state index < -0.39 is 23.1 Å². The van der Waals surface area contributed by atoms with E-state index >= 15 is 0 Å². The summed E-state index contributed by atoms with van der Waals surface area (Å²) >= 11 is 5.89. The van der Waals surface area contributed by atoms with Gasteiger partial charge in [-0.1, -0.05) is 35.9 Å². The minimum Gasteiger partial charge on any atom is -0.324 e. The molecule has 0 aliphatic rings. The summed E-state index contributed by atoms with van der Waals surface area (Å²) in [6.07, 6.45) is 0. The number of benzene rings is 3. The molecule has 0 bridgehead atoms. The second-order valence-corrected chi connectivity index (χ2v) is 7.93. The standard InChI is InChI=1S/C25H21ClN4O4/c1-2-29-24(33)19-8-4-6-10-21(19)30(25(29)34)15-22(31)28-20-9-5-3-7-18(20)23(32)27-17-13-11-16(26)12-14-17/h3-14H,2,15H2,1H3,(H,27,32)(H,28,31). The SMILES string of the molecule is CCn1c(=O)c2ccccc2n(CC(=O)Nc2ccccc2C(=O)Nc2ccc(Cl)cc2)c1=O.